The van der Waals surface area contributed by atoms with Crippen LogP contribution >= 0.6 is 11.3 Å². The zero-order chi connectivity index (χ0) is 17.8. The van der Waals surface area contributed by atoms with Crippen LogP contribution in [0.2, 0.25) is 0 Å². The maximum atomic E-state index is 12.0. The van der Waals surface area contributed by atoms with Crippen LogP contribution in [0.3, 0.4) is 0 Å². The van der Waals surface area contributed by atoms with Gasteiger partial charge in [0.25, 0.3) is 5.91 Å². The number of hydrogen-bond donors (Lipinski definition) is 1. The first kappa shape index (κ1) is 16.3. The molecule has 4 rings (SSSR count). The molecule has 1 N–H and O–H groups in total. The van der Waals surface area contributed by atoms with E-state index in [2.05, 4.69) is 15.5 Å². The van der Waals surface area contributed by atoms with E-state index in [9.17, 15) is 4.79 Å². The SMILES string of the molecule is O=C(COc1ccc2ccccc2c1)NCc1nc(-c2ccsc2)no1. The van der Waals surface area contributed by atoms with E-state index in [0.29, 0.717) is 17.5 Å². The van der Waals surface area contributed by atoms with E-state index in [4.69, 9.17) is 9.26 Å². The molecule has 2 heterocycles. The lowest BCUT2D eigenvalue weighted by Gasteiger charge is -2.07. The number of aromatic nitrogens is 2. The molecule has 7 heteroatoms. The third kappa shape index (κ3) is 3.73. The van der Waals surface area contributed by atoms with E-state index in [-0.39, 0.29) is 19.1 Å². The molecular weight excluding hydrogens is 350 g/mol. The Morgan fingerprint density at radius 3 is 2.88 bits per heavy atom. The minimum Gasteiger partial charge on any atom is -0.484 e. The fourth-order valence-corrected chi connectivity index (χ4v) is 3.10. The van der Waals surface area contributed by atoms with Crippen LogP contribution in [0.4, 0.5) is 0 Å². The Hall–Kier alpha value is -3.19. The van der Waals surface area contributed by atoms with Gasteiger partial charge in [-0.05, 0) is 34.4 Å². The van der Waals surface area contributed by atoms with Crippen molar-refractivity contribution < 1.29 is 14.1 Å². The van der Waals surface area contributed by atoms with Crippen LogP contribution in [-0.4, -0.2) is 22.7 Å². The molecular formula is C19H15N3O3S. The molecule has 26 heavy (non-hydrogen) atoms. The van der Waals surface area contributed by atoms with Crippen molar-refractivity contribution in [2.75, 3.05) is 6.61 Å². The molecule has 0 fully saturated rings. The number of thiophene rings is 1. The minimum atomic E-state index is -0.256. The predicted molar refractivity (Wildman–Crippen MR) is 98.9 cm³/mol. The summed E-state index contributed by atoms with van der Waals surface area (Å²) in [5.74, 6) is 1.26. The molecule has 130 valence electrons. The van der Waals surface area contributed by atoms with E-state index in [0.717, 1.165) is 16.3 Å². The van der Waals surface area contributed by atoms with Crippen molar-refractivity contribution in [2.24, 2.45) is 0 Å². The average Bonchev–Trinajstić information content (AvgIpc) is 3.36. The second-order valence-electron chi connectivity index (χ2n) is 5.60. The van der Waals surface area contributed by atoms with Crippen LogP contribution in [0.15, 0.2) is 63.8 Å². The van der Waals surface area contributed by atoms with Gasteiger partial charge in [0.2, 0.25) is 11.7 Å². The van der Waals surface area contributed by atoms with E-state index >= 15 is 0 Å². The Bertz CT molecular complexity index is 1030. The number of carbonyl (C=O) groups is 1. The van der Waals surface area contributed by atoms with Gasteiger partial charge in [0, 0.05) is 10.9 Å². The molecule has 0 unspecified atom stereocenters. The van der Waals surface area contributed by atoms with Crippen molar-refractivity contribution in [3.63, 3.8) is 0 Å². The Kier molecular flexibility index (Phi) is 4.61. The molecule has 2 aromatic heterocycles. The topological polar surface area (TPSA) is 77.2 Å². The highest BCUT2D eigenvalue weighted by atomic mass is 32.1. The first-order valence-electron chi connectivity index (χ1n) is 8.01. The van der Waals surface area contributed by atoms with Crippen LogP contribution in [-0.2, 0) is 11.3 Å². The number of benzene rings is 2. The minimum absolute atomic E-state index is 0.0795. The number of ether oxygens (including phenoxy) is 1. The third-order valence-corrected chi connectivity index (χ3v) is 4.46. The smallest absolute Gasteiger partial charge is 0.258 e. The van der Waals surface area contributed by atoms with Crippen molar-refractivity contribution in [1.82, 2.24) is 15.5 Å². The van der Waals surface area contributed by atoms with Crippen molar-refractivity contribution >= 4 is 28.0 Å². The first-order valence-corrected chi connectivity index (χ1v) is 8.96. The molecule has 6 nitrogen and oxygen atoms in total. The van der Waals surface area contributed by atoms with Crippen LogP contribution in [0.25, 0.3) is 22.2 Å². The van der Waals surface area contributed by atoms with Crippen LogP contribution in [0.5, 0.6) is 5.75 Å². The number of nitrogens with zero attached hydrogens (tertiary/aromatic N) is 2. The molecule has 0 radical (unpaired) electrons. The molecule has 0 aliphatic carbocycles. The van der Waals surface area contributed by atoms with Gasteiger partial charge in [0.1, 0.15) is 5.75 Å². The van der Waals surface area contributed by atoms with Gasteiger partial charge < -0.3 is 14.6 Å². The van der Waals surface area contributed by atoms with E-state index in [1.807, 2.05) is 59.3 Å². The lowest BCUT2D eigenvalue weighted by atomic mass is 10.1. The normalized spacial score (nSPS) is 10.8. The lowest BCUT2D eigenvalue weighted by molar-refractivity contribution is -0.123. The summed E-state index contributed by atoms with van der Waals surface area (Å²) in [6.45, 7) is 0.0842. The molecule has 2 aromatic carbocycles. The highest BCUT2D eigenvalue weighted by molar-refractivity contribution is 7.08. The Morgan fingerprint density at radius 1 is 1.15 bits per heavy atom. The zero-order valence-corrected chi connectivity index (χ0v) is 14.5. The number of rotatable bonds is 6. The van der Waals surface area contributed by atoms with Gasteiger partial charge >= 0.3 is 0 Å². The number of fused-ring (bicyclic) bond motifs is 1. The van der Waals surface area contributed by atoms with Crippen molar-refractivity contribution in [1.29, 1.82) is 0 Å². The third-order valence-electron chi connectivity index (χ3n) is 3.78. The molecule has 0 saturated carbocycles. The van der Waals surface area contributed by atoms with E-state index < -0.39 is 0 Å². The fourth-order valence-electron chi connectivity index (χ4n) is 2.47. The Morgan fingerprint density at radius 2 is 2.04 bits per heavy atom. The van der Waals surface area contributed by atoms with Gasteiger partial charge in [-0.15, -0.1) is 0 Å². The summed E-state index contributed by atoms with van der Waals surface area (Å²) in [4.78, 5) is 16.2. The van der Waals surface area contributed by atoms with Crippen LogP contribution in [0.1, 0.15) is 5.89 Å². The van der Waals surface area contributed by atoms with Crippen LogP contribution in [0, 0.1) is 0 Å². The van der Waals surface area contributed by atoms with Gasteiger partial charge in [-0.1, -0.05) is 35.5 Å². The van der Waals surface area contributed by atoms with E-state index in [1.165, 1.54) is 0 Å². The molecule has 0 aliphatic rings. The average molecular weight is 365 g/mol. The standard InChI is InChI=1S/C19H15N3O3S/c23-17(11-24-16-6-5-13-3-1-2-4-14(13)9-16)20-10-18-21-19(22-25-18)15-7-8-26-12-15/h1-9,12H,10-11H2,(H,20,23). The Labute approximate surface area is 153 Å². The van der Waals surface area contributed by atoms with Gasteiger partial charge in [-0.25, -0.2) is 0 Å². The van der Waals surface area contributed by atoms with Crippen LogP contribution < -0.4 is 10.1 Å². The molecule has 0 saturated heterocycles. The first-order chi connectivity index (χ1) is 12.8. The van der Waals surface area contributed by atoms with Gasteiger partial charge in [0.05, 0.1) is 6.54 Å². The summed E-state index contributed by atoms with van der Waals surface area (Å²) in [5.41, 5.74) is 0.899. The molecule has 1 amide bonds. The molecule has 0 bridgehead atoms. The predicted octanol–water partition coefficient (Wildman–Crippen LogP) is 3.65. The van der Waals surface area contributed by atoms with Gasteiger partial charge in [0.15, 0.2) is 6.61 Å². The van der Waals surface area contributed by atoms with Crippen molar-refractivity contribution in [3.05, 3.63) is 65.2 Å². The fraction of sp³-hybridized carbons (Fsp3) is 0.105. The maximum absolute atomic E-state index is 12.0. The highest BCUT2D eigenvalue weighted by Gasteiger charge is 2.10. The van der Waals surface area contributed by atoms with Crippen molar-refractivity contribution in [2.45, 2.75) is 6.54 Å². The quantitative estimate of drug-likeness (QED) is 0.564. The van der Waals surface area contributed by atoms with Gasteiger partial charge in [-0.2, -0.15) is 16.3 Å². The zero-order valence-electron chi connectivity index (χ0n) is 13.7. The number of hydrogen-bond acceptors (Lipinski definition) is 6. The summed E-state index contributed by atoms with van der Waals surface area (Å²) in [6, 6.07) is 15.6. The maximum Gasteiger partial charge on any atom is 0.258 e. The Balaban J connectivity index is 1.30. The lowest BCUT2D eigenvalue weighted by Crippen LogP contribution is -2.28. The summed E-state index contributed by atoms with van der Waals surface area (Å²) in [5, 5.41) is 12.7. The van der Waals surface area contributed by atoms with Crippen molar-refractivity contribution in [3.8, 4) is 17.1 Å². The largest absolute Gasteiger partial charge is 0.484 e. The second-order valence-corrected chi connectivity index (χ2v) is 6.38. The summed E-state index contributed by atoms with van der Waals surface area (Å²) < 4.78 is 10.7. The van der Waals surface area contributed by atoms with E-state index in [1.54, 1.807) is 11.3 Å². The number of carbonyl (C=O) groups excluding carboxylic acids is 1. The summed E-state index contributed by atoms with van der Waals surface area (Å²) in [6.07, 6.45) is 0. The summed E-state index contributed by atoms with van der Waals surface area (Å²) in [7, 11) is 0. The molecule has 0 aliphatic heterocycles. The summed E-state index contributed by atoms with van der Waals surface area (Å²) >= 11 is 1.56. The second kappa shape index (κ2) is 7.37. The molecule has 0 spiro atoms. The van der Waals surface area contributed by atoms with Gasteiger partial charge in [-0.3, -0.25) is 4.79 Å². The molecule has 0 atom stereocenters. The number of nitrogens with one attached hydrogen (secondary N) is 1. The monoisotopic (exact) mass is 365 g/mol. The number of amides is 1. The molecule has 4 aromatic rings. The highest BCUT2D eigenvalue weighted by Crippen LogP contribution is 2.20.